The van der Waals surface area contributed by atoms with Crippen LogP contribution in [0.1, 0.15) is 21.7 Å². The summed E-state index contributed by atoms with van der Waals surface area (Å²) in [6.07, 6.45) is 0. The Morgan fingerprint density at radius 1 is 1.56 bits per heavy atom. The van der Waals surface area contributed by atoms with Crippen molar-refractivity contribution >= 4 is 23.4 Å². The molecule has 2 aromatic heterocycles. The molecule has 0 saturated carbocycles. The van der Waals surface area contributed by atoms with E-state index in [-0.39, 0.29) is 11.3 Å². The standard InChI is InChI=1S/C9H7N3O3S/c13-8-4-2-16-3-6(4)10-7-1-5(9(14)15)11-12(7)8/h1,11H,2-3H2,(H,14,15). The SMILES string of the molecule is O=C(O)c1cc2nc3c(c(=O)n2[nH]1)CSC3. The smallest absolute Gasteiger partial charge is 0.353 e. The molecule has 0 saturated heterocycles. The summed E-state index contributed by atoms with van der Waals surface area (Å²) in [7, 11) is 0. The van der Waals surface area contributed by atoms with E-state index in [9.17, 15) is 9.59 Å². The second-order valence-electron chi connectivity index (χ2n) is 3.50. The first-order valence-electron chi connectivity index (χ1n) is 4.61. The van der Waals surface area contributed by atoms with Gasteiger partial charge in [-0.1, -0.05) is 0 Å². The topological polar surface area (TPSA) is 87.5 Å². The number of aromatic nitrogens is 3. The molecule has 1 aliphatic rings. The fraction of sp³-hybridized carbons (Fsp3) is 0.222. The Morgan fingerprint density at radius 2 is 2.38 bits per heavy atom. The number of fused-ring (bicyclic) bond motifs is 2. The quantitative estimate of drug-likeness (QED) is 0.752. The summed E-state index contributed by atoms with van der Waals surface area (Å²) in [5, 5.41) is 11.3. The number of carbonyl (C=O) groups is 1. The van der Waals surface area contributed by atoms with Crippen LogP contribution in [-0.4, -0.2) is 25.7 Å². The molecule has 0 unspecified atom stereocenters. The highest BCUT2D eigenvalue weighted by Gasteiger charge is 2.20. The molecule has 0 aromatic carbocycles. The third-order valence-electron chi connectivity index (χ3n) is 2.51. The highest BCUT2D eigenvalue weighted by Crippen LogP contribution is 2.25. The molecule has 0 aliphatic carbocycles. The van der Waals surface area contributed by atoms with Gasteiger partial charge in [-0.05, 0) is 0 Å². The number of thioether (sulfide) groups is 1. The molecule has 6 nitrogen and oxygen atoms in total. The van der Waals surface area contributed by atoms with Gasteiger partial charge in [0, 0.05) is 17.6 Å². The maximum atomic E-state index is 11.9. The lowest BCUT2D eigenvalue weighted by Gasteiger charge is -1.97. The molecule has 3 heterocycles. The first-order chi connectivity index (χ1) is 7.66. The normalized spacial score (nSPS) is 14.2. The maximum Gasteiger partial charge on any atom is 0.353 e. The number of rotatable bonds is 1. The molecule has 0 fully saturated rings. The van der Waals surface area contributed by atoms with Crippen LogP contribution in [0, 0.1) is 0 Å². The van der Waals surface area contributed by atoms with Crippen LogP contribution in [-0.2, 0) is 11.5 Å². The summed E-state index contributed by atoms with van der Waals surface area (Å²) in [4.78, 5) is 27.0. The van der Waals surface area contributed by atoms with E-state index in [0.717, 1.165) is 5.69 Å². The van der Waals surface area contributed by atoms with Gasteiger partial charge in [-0.25, -0.2) is 14.3 Å². The molecule has 82 valence electrons. The molecular formula is C9H7N3O3S. The van der Waals surface area contributed by atoms with E-state index in [4.69, 9.17) is 5.11 Å². The highest BCUT2D eigenvalue weighted by molar-refractivity contribution is 7.98. The molecule has 0 bridgehead atoms. The number of nitrogens with zero attached hydrogens (tertiary/aromatic N) is 2. The van der Waals surface area contributed by atoms with Gasteiger partial charge in [0.1, 0.15) is 5.69 Å². The minimum atomic E-state index is -1.10. The van der Waals surface area contributed by atoms with E-state index in [0.29, 0.717) is 22.7 Å². The second-order valence-corrected chi connectivity index (χ2v) is 4.49. The van der Waals surface area contributed by atoms with E-state index < -0.39 is 5.97 Å². The third-order valence-corrected chi connectivity index (χ3v) is 3.48. The van der Waals surface area contributed by atoms with Crippen molar-refractivity contribution in [1.29, 1.82) is 0 Å². The van der Waals surface area contributed by atoms with E-state index in [1.54, 1.807) is 11.8 Å². The van der Waals surface area contributed by atoms with Gasteiger partial charge in [-0.15, -0.1) is 0 Å². The molecule has 0 spiro atoms. The fourth-order valence-electron chi connectivity index (χ4n) is 1.73. The number of hydrogen-bond acceptors (Lipinski definition) is 4. The molecule has 0 radical (unpaired) electrons. The van der Waals surface area contributed by atoms with Crippen LogP contribution < -0.4 is 5.56 Å². The van der Waals surface area contributed by atoms with Gasteiger partial charge in [-0.3, -0.25) is 9.89 Å². The van der Waals surface area contributed by atoms with Crippen LogP contribution in [0.25, 0.3) is 5.65 Å². The van der Waals surface area contributed by atoms with E-state index in [1.807, 2.05) is 0 Å². The zero-order chi connectivity index (χ0) is 11.3. The number of aromatic carboxylic acids is 1. The van der Waals surface area contributed by atoms with Crippen LogP contribution in [0.4, 0.5) is 0 Å². The van der Waals surface area contributed by atoms with Gasteiger partial charge in [0.25, 0.3) is 5.56 Å². The molecule has 1 aliphatic heterocycles. The average molecular weight is 237 g/mol. The van der Waals surface area contributed by atoms with Crippen molar-refractivity contribution in [2.45, 2.75) is 11.5 Å². The van der Waals surface area contributed by atoms with Crippen LogP contribution >= 0.6 is 11.8 Å². The van der Waals surface area contributed by atoms with E-state index >= 15 is 0 Å². The molecule has 16 heavy (non-hydrogen) atoms. The van der Waals surface area contributed by atoms with Crippen molar-refractivity contribution in [3.63, 3.8) is 0 Å². The first kappa shape index (κ1) is 9.46. The largest absolute Gasteiger partial charge is 0.477 e. The van der Waals surface area contributed by atoms with Crippen molar-refractivity contribution < 1.29 is 9.90 Å². The number of H-pyrrole nitrogens is 1. The Morgan fingerprint density at radius 3 is 3.12 bits per heavy atom. The van der Waals surface area contributed by atoms with Gasteiger partial charge in [-0.2, -0.15) is 11.8 Å². The lowest BCUT2D eigenvalue weighted by Crippen LogP contribution is -2.20. The van der Waals surface area contributed by atoms with Crippen molar-refractivity contribution in [3.8, 4) is 0 Å². The van der Waals surface area contributed by atoms with Gasteiger partial charge in [0.05, 0.1) is 11.3 Å². The Bertz CT molecular complexity index is 658. The highest BCUT2D eigenvalue weighted by atomic mass is 32.2. The molecule has 2 aromatic rings. The van der Waals surface area contributed by atoms with Crippen molar-refractivity contribution in [2.75, 3.05) is 0 Å². The summed E-state index contributed by atoms with van der Waals surface area (Å²) in [6, 6.07) is 1.37. The van der Waals surface area contributed by atoms with Gasteiger partial charge in [0.15, 0.2) is 5.65 Å². The molecule has 0 amide bonds. The average Bonchev–Trinajstić information content (AvgIpc) is 2.83. The summed E-state index contributed by atoms with van der Waals surface area (Å²) >= 11 is 1.64. The summed E-state index contributed by atoms with van der Waals surface area (Å²) in [5.41, 5.74) is 1.58. The van der Waals surface area contributed by atoms with Crippen LogP contribution in [0.5, 0.6) is 0 Å². The zero-order valence-corrected chi connectivity index (χ0v) is 8.87. The summed E-state index contributed by atoms with van der Waals surface area (Å²) < 4.78 is 1.19. The molecule has 3 rings (SSSR count). The van der Waals surface area contributed by atoms with Crippen LogP contribution in [0.2, 0.25) is 0 Å². The lowest BCUT2D eigenvalue weighted by molar-refractivity contribution is 0.0690. The number of hydrogen-bond donors (Lipinski definition) is 2. The molecule has 2 N–H and O–H groups in total. The van der Waals surface area contributed by atoms with Crippen molar-refractivity contribution in [3.05, 3.63) is 33.4 Å². The Kier molecular flexibility index (Phi) is 1.84. The minimum Gasteiger partial charge on any atom is -0.477 e. The third kappa shape index (κ3) is 1.18. The first-order valence-corrected chi connectivity index (χ1v) is 5.77. The maximum absolute atomic E-state index is 11.9. The second kappa shape index (κ2) is 3.11. The molecule has 7 heteroatoms. The fourth-order valence-corrected chi connectivity index (χ4v) is 2.76. The number of carboxylic acids is 1. The summed E-state index contributed by atoms with van der Waals surface area (Å²) in [5.74, 6) is 0.264. The number of carboxylic acid groups (broad SMARTS) is 1. The van der Waals surface area contributed by atoms with Crippen molar-refractivity contribution in [2.24, 2.45) is 0 Å². The van der Waals surface area contributed by atoms with Gasteiger partial charge < -0.3 is 5.11 Å². The molecule has 0 atom stereocenters. The Hall–Kier alpha value is -1.76. The predicted molar refractivity (Wildman–Crippen MR) is 57.8 cm³/mol. The van der Waals surface area contributed by atoms with Crippen molar-refractivity contribution in [1.82, 2.24) is 14.6 Å². The Balaban J connectivity index is 2.37. The minimum absolute atomic E-state index is 0.0269. The van der Waals surface area contributed by atoms with Crippen LogP contribution in [0.3, 0.4) is 0 Å². The zero-order valence-electron chi connectivity index (χ0n) is 8.06. The molecular weight excluding hydrogens is 230 g/mol. The van der Waals surface area contributed by atoms with E-state index in [2.05, 4.69) is 10.1 Å². The van der Waals surface area contributed by atoms with Gasteiger partial charge >= 0.3 is 5.97 Å². The van der Waals surface area contributed by atoms with E-state index in [1.165, 1.54) is 10.6 Å². The monoisotopic (exact) mass is 237 g/mol. The number of aromatic amines is 1. The Labute approximate surface area is 93.3 Å². The van der Waals surface area contributed by atoms with Gasteiger partial charge in [0.2, 0.25) is 0 Å². The summed E-state index contributed by atoms with van der Waals surface area (Å²) in [6.45, 7) is 0. The number of nitrogens with one attached hydrogen (secondary N) is 1. The van der Waals surface area contributed by atoms with Crippen LogP contribution in [0.15, 0.2) is 10.9 Å². The predicted octanol–water partition coefficient (Wildman–Crippen LogP) is 0.468. The lowest BCUT2D eigenvalue weighted by atomic mass is 10.3.